The van der Waals surface area contributed by atoms with Crippen LogP contribution in [0.15, 0.2) is 200 Å². The Bertz CT molecular complexity index is 3250. The number of imidazole rings is 1. The maximum Gasteiger partial charge on any atom is 0.148 e. The van der Waals surface area contributed by atoms with Gasteiger partial charge in [-0.1, -0.05) is 152 Å². The van der Waals surface area contributed by atoms with E-state index < -0.39 is 0 Å². The summed E-state index contributed by atoms with van der Waals surface area (Å²) >= 11 is 0. The number of rotatable bonds is 5. The number of hydrogen-bond donors (Lipinski definition) is 0. The molecule has 9 aromatic carbocycles. The summed E-state index contributed by atoms with van der Waals surface area (Å²) in [4.78, 5) is 9.88. The summed E-state index contributed by atoms with van der Waals surface area (Å²) in [6.45, 7) is 0. The molecule has 0 aliphatic carbocycles. The zero-order valence-electron chi connectivity index (χ0n) is 29.9. The third-order valence-corrected chi connectivity index (χ3v) is 11.0. The summed E-state index contributed by atoms with van der Waals surface area (Å²) < 4.78 is 2.10. The summed E-state index contributed by atoms with van der Waals surface area (Å²) in [5, 5.41) is 5.93. The highest BCUT2D eigenvalue weighted by atomic mass is 15.0. The van der Waals surface area contributed by atoms with E-state index >= 15 is 0 Å². The molecule has 0 bridgehead atoms. The molecule has 256 valence electrons. The number of nitrogens with zero attached hydrogens (tertiary/aromatic N) is 3. The van der Waals surface area contributed by atoms with Crippen LogP contribution in [-0.2, 0) is 0 Å². The molecular weight excluding hydrogens is 667 g/mol. The number of para-hydroxylation sites is 2. The smallest absolute Gasteiger partial charge is 0.148 e. The van der Waals surface area contributed by atoms with Crippen molar-refractivity contribution < 1.29 is 0 Å². The highest BCUT2D eigenvalue weighted by molar-refractivity contribution is 6.22. The number of hydrogen-bond acceptors (Lipinski definition) is 2. The Morgan fingerprint density at radius 1 is 0.309 bits per heavy atom. The Labute approximate surface area is 318 Å². The molecule has 0 spiro atoms. The van der Waals surface area contributed by atoms with Crippen LogP contribution in [0.25, 0.3) is 105 Å². The van der Waals surface area contributed by atoms with Crippen molar-refractivity contribution in [1.29, 1.82) is 0 Å². The molecule has 0 unspecified atom stereocenters. The van der Waals surface area contributed by atoms with Crippen molar-refractivity contribution in [3.8, 4) is 55.6 Å². The topological polar surface area (TPSA) is 30.2 Å². The maximum atomic E-state index is 5.05. The van der Waals surface area contributed by atoms with E-state index in [1.165, 1.54) is 66.1 Å². The van der Waals surface area contributed by atoms with Crippen LogP contribution in [0.2, 0.25) is 0 Å². The minimum Gasteiger partial charge on any atom is -0.282 e. The molecule has 0 aliphatic heterocycles. The van der Waals surface area contributed by atoms with Crippen molar-refractivity contribution in [3.05, 3.63) is 200 Å². The molecule has 0 aliphatic rings. The van der Waals surface area contributed by atoms with Gasteiger partial charge >= 0.3 is 0 Å². The van der Waals surface area contributed by atoms with Gasteiger partial charge in [-0.05, 0) is 120 Å². The first kappa shape index (κ1) is 31.2. The fraction of sp³-hybridized carbons (Fsp3) is 0. The van der Waals surface area contributed by atoms with Gasteiger partial charge in [0.25, 0.3) is 0 Å². The Kier molecular flexibility index (Phi) is 7.17. The highest BCUT2D eigenvalue weighted by Gasteiger charge is 2.19. The summed E-state index contributed by atoms with van der Waals surface area (Å²) in [7, 11) is 0. The second-order valence-corrected chi connectivity index (χ2v) is 14.2. The van der Waals surface area contributed by atoms with Gasteiger partial charge in [0.05, 0.1) is 16.6 Å². The van der Waals surface area contributed by atoms with Crippen molar-refractivity contribution in [3.63, 3.8) is 0 Å². The predicted molar refractivity (Wildman–Crippen MR) is 230 cm³/mol. The van der Waals surface area contributed by atoms with E-state index in [1.807, 2.05) is 12.4 Å². The second-order valence-electron chi connectivity index (χ2n) is 14.2. The van der Waals surface area contributed by atoms with Gasteiger partial charge in [-0.15, -0.1) is 0 Å². The van der Waals surface area contributed by atoms with E-state index in [1.54, 1.807) is 0 Å². The zero-order chi connectivity index (χ0) is 36.3. The third kappa shape index (κ3) is 5.20. The van der Waals surface area contributed by atoms with Crippen molar-refractivity contribution in [2.45, 2.75) is 0 Å². The Morgan fingerprint density at radius 2 is 0.800 bits per heavy atom. The minimum atomic E-state index is 0.916. The van der Waals surface area contributed by atoms with Gasteiger partial charge in [-0.3, -0.25) is 4.40 Å². The van der Waals surface area contributed by atoms with Gasteiger partial charge in [0.1, 0.15) is 12.0 Å². The predicted octanol–water partition coefficient (Wildman–Crippen LogP) is 13.7. The van der Waals surface area contributed by atoms with Gasteiger partial charge in [-0.2, -0.15) is 0 Å². The van der Waals surface area contributed by atoms with E-state index in [2.05, 4.69) is 192 Å². The van der Waals surface area contributed by atoms with E-state index in [9.17, 15) is 0 Å². The monoisotopic (exact) mass is 699 g/mol. The number of benzene rings is 9. The first-order valence-electron chi connectivity index (χ1n) is 18.7. The lowest BCUT2D eigenvalue weighted by Crippen LogP contribution is -1.93. The van der Waals surface area contributed by atoms with Crippen LogP contribution in [0.5, 0.6) is 0 Å². The van der Waals surface area contributed by atoms with Gasteiger partial charge in [0.2, 0.25) is 0 Å². The lowest BCUT2D eigenvalue weighted by Gasteiger charge is -2.19. The largest absolute Gasteiger partial charge is 0.282 e. The summed E-state index contributed by atoms with van der Waals surface area (Å²) in [5.74, 6) is 0. The lowest BCUT2D eigenvalue weighted by atomic mass is 9.84. The van der Waals surface area contributed by atoms with Crippen LogP contribution in [0.1, 0.15) is 0 Å². The first-order valence-corrected chi connectivity index (χ1v) is 18.7. The van der Waals surface area contributed by atoms with Crippen molar-refractivity contribution in [2.75, 3.05) is 0 Å². The normalized spacial score (nSPS) is 11.6. The number of fused-ring (bicyclic) bond motifs is 7. The zero-order valence-corrected chi connectivity index (χ0v) is 29.9. The summed E-state index contributed by atoms with van der Waals surface area (Å²) in [6, 6.07) is 70.1. The molecule has 0 radical (unpaired) electrons. The average molecular weight is 700 g/mol. The van der Waals surface area contributed by atoms with Crippen molar-refractivity contribution >= 4 is 49.1 Å². The fourth-order valence-electron chi connectivity index (χ4n) is 8.43. The molecule has 0 amide bonds. The molecule has 0 saturated carbocycles. The quantitative estimate of drug-likeness (QED) is 0.167. The van der Waals surface area contributed by atoms with Crippen molar-refractivity contribution in [2.24, 2.45) is 0 Å². The molecule has 11 aromatic rings. The minimum absolute atomic E-state index is 0.916. The lowest BCUT2D eigenvalue weighted by molar-refractivity contribution is 1.15. The van der Waals surface area contributed by atoms with Gasteiger partial charge in [-0.25, -0.2) is 9.97 Å². The third-order valence-electron chi connectivity index (χ3n) is 11.0. The summed E-state index contributed by atoms with van der Waals surface area (Å²) in [5.41, 5.74) is 15.8. The summed E-state index contributed by atoms with van der Waals surface area (Å²) in [6.07, 6.45) is 1.89. The van der Waals surface area contributed by atoms with E-state index in [-0.39, 0.29) is 0 Å². The maximum absolute atomic E-state index is 5.05. The molecule has 0 fully saturated rings. The molecule has 0 N–H and O–H groups in total. The highest BCUT2D eigenvalue weighted by Crippen LogP contribution is 2.46. The SMILES string of the molecule is c1ccc(-c2cccc(-c3c4ccccc4c(-c4cccc(-c5ccccc5)c4)c4cc(-c5ccc6ncn7c8ccccc8nc7c6c5)ccc34)c2)cc1. The van der Waals surface area contributed by atoms with Crippen LogP contribution < -0.4 is 0 Å². The molecule has 0 atom stereocenters. The average Bonchev–Trinajstić information content (AvgIpc) is 3.65. The molecule has 3 nitrogen and oxygen atoms in total. The van der Waals surface area contributed by atoms with Gasteiger partial charge < -0.3 is 0 Å². The Hall–Kier alpha value is -7.36. The van der Waals surface area contributed by atoms with E-state index in [4.69, 9.17) is 9.97 Å². The second kappa shape index (κ2) is 12.6. The van der Waals surface area contributed by atoms with Crippen LogP contribution >= 0.6 is 0 Å². The van der Waals surface area contributed by atoms with E-state index in [0.29, 0.717) is 0 Å². The van der Waals surface area contributed by atoms with E-state index in [0.717, 1.165) is 38.7 Å². The molecule has 2 aromatic heterocycles. The van der Waals surface area contributed by atoms with Gasteiger partial charge in [0, 0.05) is 5.39 Å². The molecule has 11 rings (SSSR count). The molecule has 55 heavy (non-hydrogen) atoms. The van der Waals surface area contributed by atoms with Crippen LogP contribution in [0.3, 0.4) is 0 Å². The fourth-order valence-corrected chi connectivity index (χ4v) is 8.43. The number of aromatic nitrogens is 3. The molecule has 0 saturated heterocycles. The molecule has 2 heterocycles. The van der Waals surface area contributed by atoms with Crippen LogP contribution in [0.4, 0.5) is 0 Å². The Morgan fingerprint density at radius 3 is 1.47 bits per heavy atom. The standard InChI is InChI=1S/C52H33N3/c1-3-13-34(14-4-1)36-17-11-19-40(29-36)50-42-21-7-8-22-43(42)51(41-20-12-18-37(30-41)35-15-5-2-6-16-35)45-31-38(25-27-44(45)50)39-26-28-47-46(32-39)52-54-48-23-9-10-24-49(48)55(52)33-53-47/h1-33H. The Balaban J connectivity index is 1.19. The van der Waals surface area contributed by atoms with Crippen LogP contribution in [-0.4, -0.2) is 14.4 Å². The first-order chi connectivity index (χ1) is 27.3. The molecule has 3 heteroatoms. The van der Waals surface area contributed by atoms with Crippen LogP contribution in [0, 0.1) is 0 Å². The van der Waals surface area contributed by atoms with Crippen molar-refractivity contribution in [1.82, 2.24) is 14.4 Å². The van der Waals surface area contributed by atoms with Gasteiger partial charge in [0.15, 0.2) is 0 Å². The molecular formula is C52H33N3.